The van der Waals surface area contributed by atoms with Crippen molar-refractivity contribution in [2.24, 2.45) is 0 Å². The van der Waals surface area contributed by atoms with Gasteiger partial charge < -0.3 is 5.32 Å². The Balaban J connectivity index is 1.42. The molecule has 0 bridgehead atoms. The predicted octanol–water partition coefficient (Wildman–Crippen LogP) is 3.53. The van der Waals surface area contributed by atoms with Gasteiger partial charge in [0.1, 0.15) is 5.82 Å². The number of carbonyl (C=O) groups is 1. The lowest BCUT2D eigenvalue weighted by molar-refractivity contribution is -0.111. The fraction of sp³-hybridized carbons (Fsp3) is 0.190. The minimum absolute atomic E-state index is 0.195. The van der Waals surface area contributed by atoms with E-state index in [1.54, 1.807) is 18.5 Å². The largest absolute Gasteiger partial charge is 0.307 e. The summed E-state index contributed by atoms with van der Waals surface area (Å²) in [7, 11) is 0. The molecule has 6 nitrogen and oxygen atoms in total. The molecule has 136 valence electrons. The Kier molecular flexibility index (Phi) is 4.80. The van der Waals surface area contributed by atoms with Crippen molar-refractivity contribution in [3.05, 3.63) is 83.3 Å². The summed E-state index contributed by atoms with van der Waals surface area (Å²) in [6.45, 7) is 3.72. The van der Waals surface area contributed by atoms with E-state index in [0.717, 1.165) is 29.9 Å². The Labute approximate surface area is 157 Å². The molecule has 4 rings (SSSR count). The van der Waals surface area contributed by atoms with Crippen LogP contribution in [0.3, 0.4) is 0 Å². The molecule has 0 saturated heterocycles. The molecule has 1 aliphatic rings. The fourth-order valence-electron chi connectivity index (χ4n) is 3.29. The molecule has 0 aliphatic carbocycles. The Morgan fingerprint density at radius 1 is 1.22 bits per heavy atom. The van der Waals surface area contributed by atoms with Crippen molar-refractivity contribution >= 4 is 17.8 Å². The van der Waals surface area contributed by atoms with Gasteiger partial charge in [-0.15, -0.1) is 0 Å². The Bertz CT molecular complexity index is 949. The number of amides is 1. The number of hydrogen-bond acceptors (Lipinski definition) is 4. The van der Waals surface area contributed by atoms with Gasteiger partial charge in [0.2, 0.25) is 5.91 Å². The van der Waals surface area contributed by atoms with Gasteiger partial charge in [0.05, 0.1) is 5.69 Å². The Hall–Kier alpha value is -3.25. The molecule has 0 saturated carbocycles. The van der Waals surface area contributed by atoms with E-state index in [2.05, 4.69) is 56.6 Å². The van der Waals surface area contributed by atoms with Crippen LogP contribution in [0.1, 0.15) is 35.3 Å². The van der Waals surface area contributed by atoms with Crippen molar-refractivity contribution in [1.82, 2.24) is 20.1 Å². The molecule has 2 N–H and O–H groups in total. The standard InChI is InChI=1S/C21H21N5O/c1-15(17-7-3-2-4-8-17)26-13-18-19(14-26)24-25-21(18)23-20(27)10-9-16-6-5-11-22-12-16/h2-12,15H,13-14H2,1H3,(H2,23,24,25,27)/b10-9-. The van der Waals surface area contributed by atoms with Crippen LogP contribution in [0.15, 0.2) is 60.9 Å². The number of nitrogens with one attached hydrogen (secondary N) is 2. The molecule has 1 amide bonds. The highest BCUT2D eigenvalue weighted by Crippen LogP contribution is 2.33. The smallest absolute Gasteiger partial charge is 0.249 e. The highest BCUT2D eigenvalue weighted by atomic mass is 16.1. The van der Waals surface area contributed by atoms with Gasteiger partial charge in [-0.05, 0) is 30.2 Å². The zero-order chi connectivity index (χ0) is 18.6. The highest BCUT2D eigenvalue weighted by molar-refractivity contribution is 6.01. The number of nitrogens with zero attached hydrogens (tertiary/aromatic N) is 3. The van der Waals surface area contributed by atoms with Crippen LogP contribution in [0.5, 0.6) is 0 Å². The molecule has 0 radical (unpaired) electrons. The molecule has 2 aromatic heterocycles. The summed E-state index contributed by atoms with van der Waals surface area (Å²) in [5.41, 5.74) is 4.20. The first-order valence-electron chi connectivity index (χ1n) is 8.95. The highest BCUT2D eigenvalue weighted by Gasteiger charge is 2.29. The molecule has 1 aliphatic heterocycles. The van der Waals surface area contributed by atoms with Gasteiger partial charge >= 0.3 is 0 Å². The summed E-state index contributed by atoms with van der Waals surface area (Å²) in [6.07, 6.45) is 6.65. The van der Waals surface area contributed by atoms with Gasteiger partial charge in [-0.25, -0.2) is 0 Å². The van der Waals surface area contributed by atoms with Gasteiger partial charge in [-0.3, -0.25) is 19.8 Å². The Morgan fingerprint density at radius 2 is 2.07 bits per heavy atom. The van der Waals surface area contributed by atoms with Crippen LogP contribution in [0.25, 0.3) is 6.08 Å². The van der Waals surface area contributed by atoms with Crippen molar-refractivity contribution in [2.75, 3.05) is 5.32 Å². The average molecular weight is 359 g/mol. The second-order valence-corrected chi connectivity index (χ2v) is 6.62. The number of fused-ring (bicyclic) bond motifs is 1. The maximum atomic E-state index is 12.2. The van der Waals surface area contributed by atoms with Crippen molar-refractivity contribution in [1.29, 1.82) is 0 Å². The van der Waals surface area contributed by atoms with E-state index >= 15 is 0 Å². The van der Waals surface area contributed by atoms with E-state index in [0.29, 0.717) is 5.82 Å². The molecular formula is C21H21N5O. The zero-order valence-electron chi connectivity index (χ0n) is 15.1. The van der Waals surface area contributed by atoms with Crippen molar-refractivity contribution in [3.8, 4) is 0 Å². The zero-order valence-corrected chi connectivity index (χ0v) is 15.1. The third-order valence-corrected chi connectivity index (χ3v) is 4.86. The van der Waals surface area contributed by atoms with Gasteiger partial charge in [0.25, 0.3) is 0 Å². The SMILES string of the molecule is CC(c1ccccc1)N1Cc2n[nH]c(NC(=O)/C=C\c3cccnc3)c2C1. The number of carbonyl (C=O) groups excluding carboxylic acids is 1. The van der Waals surface area contributed by atoms with E-state index in [4.69, 9.17) is 0 Å². The lowest BCUT2D eigenvalue weighted by atomic mass is 10.1. The first-order chi connectivity index (χ1) is 13.2. The number of pyridine rings is 1. The average Bonchev–Trinajstić information content (AvgIpc) is 3.29. The minimum atomic E-state index is -0.195. The summed E-state index contributed by atoms with van der Waals surface area (Å²) < 4.78 is 0. The summed E-state index contributed by atoms with van der Waals surface area (Å²) in [6, 6.07) is 14.4. The normalized spacial score (nSPS) is 15.0. The van der Waals surface area contributed by atoms with E-state index < -0.39 is 0 Å². The second kappa shape index (κ2) is 7.55. The molecule has 1 atom stereocenters. The van der Waals surface area contributed by atoms with E-state index in [1.807, 2.05) is 18.2 Å². The molecule has 1 aromatic carbocycles. The second-order valence-electron chi connectivity index (χ2n) is 6.62. The van der Waals surface area contributed by atoms with Crippen LogP contribution in [0, 0.1) is 0 Å². The van der Waals surface area contributed by atoms with Crippen molar-refractivity contribution < 1.29 is 4.79 Å². The van der Waals surface area contributed by atoms with Gasteiger partial charge in [-0.2, -0.15) is 5.10 Å². The molecule has 27 heavy (non-hydrogen) atoms. The summed E-state index contributed by atoms with van der Waals surface area (Å²) in [5.74, 6) is 0.480. The molecular weight excluding hydrogens is 338 g/mol. The van der Waals surface area contributed by atoms with E-state index in [1.165, 1.54) is 11.6 Å². The van der Waals surface area contributed by atoms with Gasteiger partial charge in [-0.1, -0.05) is 36.4 Å². The number of hydrogen-bond donors (Lipinski definition) is 2. The van der Waals surface area contributed by atoms with E-state index in [9.17, 15) is 4.79 Å². The Morgan fingerprint density at radius 3 is 2.85 bits per heavy atom. The number of benzene rings is 1. The molecule has 3 aromatic rings. The molecule has 0 fully saturated rings. The lowest BCUT2D eigenvalue weighted by Crippen LogP contribution is -2.21. The van der Waals surface area contributed by atoms with Crippen LogP contribution >= 0.6 is 0 Å². The first-order valence-corrected chi connectivity index (χ1v) is 8.95. The fourth-order valence-corrected chi connectivity index (χ4v) is 3.29. The molecule has 0 spiro atoms. The minimum Gasteiger partial charge on any atom is -0.307 e. The number of anilines is 1. The molecule has 3 heterocycles. The van der Waals surface area contributed by atoms with Gasteiger partial charge in [0, 0.05) is 43.2 Å². The maximum absolute atomic E-state index is 12.2. The van der Waals surface area contributed by atoms with Gasteiger partial charge in [0.15, 0.2) is 0 Å². The predicted molar refractivity (Wildman–Crippen MR) is 105 cm³/mol. The summed E-state index contributed by atoms with van der Waals surface area (Å²) in [4.78, 5) is 18.6. The van der Waals surface area contributed by atoms with Crippen LogP contribution in [-0.2, 0) is 17.9 Å². The van der Waals surface area contributed by atoms with E-state index in [-0.39, 0.29) is 11.9 Å². The molecule has 1 unspecified atom stereocenters. The maximum Gasteiger partial charge on any atom is 0.249 e. The monoisotopic (exact) mass is 359 g/mol. The third-order valence-electron chi connectivity index (χ3n) is 4.86. The summed E-state index contributed by atoms with van der Waals surface area (Å²) >= 11 is 0. The first kappa shape index (κ1) is 17.2. The quantitative estimate of drug-likeness (QED) is 0.684. The molecule has 6 heteroatoms. The van der Waals surface area contributed by atoms with Crippen LogP contribution in [0.2, 0.25) is 0 Å². The van der Waals surface area contributed by atoms with Crippen LogP contribution in [-0.4, -0.2) is 26.0 Å². The summed E-state index contributed by atoms with van der Waals surface area (Å²) in [5, 5.41) is 10.2. The number of aromatic amines is 1. The van der Waals surface area contributed by atoms with Crippen LogP contribution in [0.4, 0.5) is 5.82 Å². The number of H-pyrrole nitrogens is 1. The number of rotatable bonds is 5. The van der Waals surface area contributed by atoms with Crippen molar-refractivity contribution in [2.45, 2.75) is 26.1 Å². The number of aromatic nitrogens is 3. The van der Waals surface area contributed by atoms with Crippen LogP contribution < -0.4 is 5.32 Å². The lowest BCUT2D eigenvalue weighted by Gasteiger charge is -2.24. The van der Waals surface area contributed by atoms with Crippen molar-refractivity contribution in [3.63, 3.8) is 0 Å². The topological polar surface area (TPSA) is 73.9 Å². The third kappa shape index (κ3) is 3.80.